The van der Waals surface area contributed by atoms with Crippen LogP contribution in [-0.4, -0.2) is 26.3 Å². The van der Waals surface area contributed by atoms with Gasteiger partial charge in [0.25, 0.3) is 0 Å². The van der Waals surface area contributed by atoms with Crippen molar-refractivity contribution < 1.29 is 14.2 Å². The molecule has 0 fully saturated rings. The summed E-state index contributed by atoms with van der Waals surface area (Å²) in [6.45, 7) is 0.594. The van der Waals surface area contributed by atoms with Crippen molar-refractivity contribution in [3.63, 3.8) is 0 Å². The summed E-state index contributed by atoms with van der Waals surface area (Å²) in [5.74, 6) is 1.83. The van der Waals surface area contributed by atoms with Crippen LogP contribution >= 0.6 is 11.6 Å². The molecule has 0 amide bonds. The number of nitrogens with one attached hydrogen (secondary N) is 1. The zero-order valence-corrected chi connectivity index (χ0v) is 12.9. The molecule has 21 heavy (non-hydrogen) atoms. The van der Waals surface area contributed by atoms with Crippen LogP contribution < -0.4 is 19.5 Å². The highest BCUT2D eigenvalue weighted by atomic mass is 35.5. The Balaban J connectivity index is 2.20. The number of methoxy groups -OCH3 is 3. The van der Waals surface area contributed by atoms with Gasteiger partial charge >= 0.3 is 0 Å². The fraction of sp³-hybridized carbons (Fsp3) is 0.267. The number of hydrogen-bond donors (Lipinski definition) is 1. The van der Waals surface area contributed by atoms with Crippen LogP contribution in [0.4, 0.5) is 5.69 Å². The van der Waals surface area contributed by atoms with Gasteiger partial charge in [0.05, 0.1) is 21.3 Å². The predicted octanol–water partition coefficient (Wildman–Crippen LogP) is 3.37. The average Bonchev–Trinajstić information content (AvgIpc) is 2.51. The summed E-state index contributed by atoms with van der Waals surface area (Å²) in [6, 6.07) is 7.41. The van der Waals surface area contributed by atoms with Crippen LogP contribution in [0.5, 0.6) is 17.2 Å². The Hall–Kier alpha value is -2.14. The number of halogens is 1. The largest absolute Gasteiger partial charge is 0.493 e. The van der Waals surface area contributed by atoms with Gasteiger partial charge in [-0.1, -0.05) is 11.6 Å². The van der Waals surface area contributed by atoms with Gasteiger partial charge in [0, 0.05) is 18.4 Å². The maximum absolute atomic E-state index is 5.85. The smallest absolute Gasteiger partial charge is 0.203 e. The van der Waals surface area contributed by atoms with E-state index in [1.54, 1.807) is 33.6 Å². The minimum absolute atomic E-state index is 0.449. The Labute approximate surface area is 128 Å². The number of aromatic nitrogens is 1. The van der Waals surface area contributed by atoms with Gasteiger partial charge in [-0.3, -0.25) is 0 Å². The summed E-state index contributed by atoms with van der Waals surface area (Å²) < 4.78 is 15.9. The molecule has 0 spiro atoms. The molecule has 0 aliphatic heterocycles. The molecular formula is C15H17ClN2O3. The van der Waals surface area contributed by atoms with E-state index in [2.05, 4.69) is 10.3 Å². The van der Waals surface area contributed by atoms with E-state index in [4.69, 9.17) is 25.8 Å². The number of anilines is 1. The van der Waals surface area contributed by atoms with E-state index in [0.29, 0.717) is 28.9 Å². The van der Waals surface area contributed by atoms with Crippen LogP contribution in [0.15, 0.2) is 30.5 Å². The number of hydrogen-bond acceptors (Lipinski definition) is 5. The highest BCUT2D eigenvalue weighted by Crippen LogP contribution is 2.38. The number of rotatable bonds is 6. The van der Waals surface area contributed by atoms with Gasteiger partial charge in [-0.25, -0.2) is 4.98 Å². The molecule has 0 unspecified atom stereocenters. The highest BCUT2D eigenvalue weighted by Gasteiger charge is 2.12. The van der Waals surface area contributed by atoms with Crippen LogP contribution in [-0.2, 0) is 6.54 Å². The van der Waals surface area contributed by atoms with Crippen LogP contribution in [0.3, 0.4) is 0 Å². The topological polar surface area (TPSA) is 52.6 Å². The number of pyridine rings is 1. The molecule has 112 valence electrons. The van der Waals surface area contributed by atoms with E-state index in [1.165, 1.54) is 0 Å². The molecular weight excluding hydrogens is 292 g/mol. The standard InChI is InChI=1S/C15H17ClN2O3/c1-19-12-6-10(7-13(20-2)15(12)21-3)9-18-11-4-5-17-14(16)8-11/h4-8H,9H2,1-3H3,(H,17,18). The molecule has 2 aromatic rings. The summed E-state index contributed by atoms with van der Waals surface area (Å²) in [5.41, 5.74) is 1.89. The molecule has 1 aromatic carbocycles. The van der Waals surface area contributed by atoms with Gasteiger partial charge < -0.3 is 19.5 Å². The molecule has 1 aromatic heterocycles. The van der Waals surface area contributed by atoms with E-state index < -0.39 is 0 Å². The molecule has 0 aliphatic rings. The quantitative estimate of drug-likeness (QED) is 0.829. The Morgan fingerprint density at radius 2 is 1.71 bits per heavy atom. The van der Waals surface area contributed by atoms with Crippen molar-refractivity contribution in [3.05, 3.63) is 41.2 Å². The molecule has 1 N–H and O–H groups in total. The minimum Gasteiger partial charge on any atom is -0.493 e. The minimum atomic E-state index is 0.449. The molecule has 0 atom stereocenters. The van der Waals surface area contributed by atoms with Gasteiger partial charge in [0.15, 0.2) is 11.5 Å². The zero-order chi connectivity index (χ0) is 15.2. The van der Waals surface area contributed by atoms with Crippen molar-refractivity contribution in [2.45, 2.75) is 6.54 Å². The van der Waals surface area contributed by atoms with Crippen LogP contribution in [0, 0.1) is 0 Å². The van der Waals surface area contributed by atoms with Crippen molar-refractivity contribution in [2.24, 2.45) is 0 Å². The molecule has 1 heterocycles. The molecule has 0 aliphatic carbocycles. The van der Waals surface area contributed by atoms with Gasteiger partial charge in [-0.05, 0) is 29.8 Å². The lowest BCUT2D eigenvalue weighted by atomic mass is 10.1. The lowest BCUT2D eigenvalue weighted by Crippen LogP contribution is -2.02. The van der Waals surface area contributed by atoms with E-state index in [0.717, 1.165) is 11.3 Å². The molecule has 0 saturated carbocycles. The van der Waals surface area contributed by atoms with Crippen molar-refractivity contribution in [3.8, 4) is 17.2 Å². The van der Waals surface area contributed by atoms with Crippen LogP contribution in [0.25, 0.3) is 0 Å². The molecule has 5 nitrogen and oxygen atoms in total. The van der Waals surface area contributed by atoms with Crippen LogP contribution in [0.1, 0.15) is 5.56 Å². The number of ether oxygens (including phenoxy) is 3. The van der Waals surface area contributed by atoms with E-state index in [1.807, 2.05) is 18.2 Å². The van der Waals surface area contributed by atoms with Gasteiger partial charge in [-0.2, -0.15) is 0 Å². The Bertz CT molecular complexity index is 595. The van der Waals surface area contributed by atoms with Crippen molar-refractivity contribution in [2.75, 3.05) is 26.6 Å². The number of nitrogens with zero attached hydrogens (tertiary/aromatic N) is 1. The van der Waals surface area contributed by atoms with E-state index in [-0.39, 0.29) is 0 Å². The first-order chi connectivity index (χ1) is 10.2. The lowest BCUT2D eigenvalue weighted by molar-refractivity contribution is 0.324. The first-order valence-electron chi connectivity index (χ1n) is 6.32. The molecule has 0 bridgehead atoms. The first-order valence-corrected chi connectivity index (χ1v) is 6.70. The zero-order valence-electron chi connectivity index (χ0n) is 12.1. The lowest BCUT2D eigenvalue weighted by Gasteiger charge is -2.14. The second-order valence-corrected chi connectivity index (χ2v) is 4.64. The van der Waals surface area contributed by atoms with E-state index >= 15 is 0 Å². The Morgan fingerprint density at radius 1 is 1.05 bits per heavy atom. The second kappa shape index (κ2) is 7.04. The fourth-order valence-electron chi connectivity index (χ4n) is 1.95. The Morgan fingerprint density at radius 3 is 2.24 bits per heavy atom. The van der Waals surface area contributed by atoms with Gasteiger partial charge in [0.2, 0.25) is 5.75 Å². The van der Waals surface area contributed by atoms with Crippen molar-refractivity contribution in [1.29, 1.82) is 0 Å². The Kier molecular flexibility index (Phi) is 5.11. The van der Waals surface area contributed by atoms with Gasteiger partial charge in [0.1, 0.15) is 5.15 Å². The summed E-state index contributed by atoms with van der Waals surface area (Å²) in [4.78, 5) is 3.94. The maximum atomic E-state index is 5.85. The SMILES string of the molecule is COc1cc(CNc2ccnc(Cl)c2)cc(OC)c1OC. The predicted molar refractivity (Wildman–Crippen MR) is 82.7 cm³/mol. The molecule has 6 heteroatoms. The third-order valence-corrected chi connectivity index (χ3v) is 3.15. The third kappa shape index (κ3) is 3.70. The fourth-order valence-corrected chi connectivity index (χ4v) is 2.13. The number of benzene rings is 1. The monoisotopic (exact) mass is 308 g/mol. The highest BCUT2D eigenvalue weighted by molar-refractivity contribution is 6.29. The van der Waals surface area contributed by atoms with E-state index in [9.17, 15) is 0 Å². The second-order valence-electron chi connectivity index (χ2n) is 4.25. The van der Waals surface area contributed by atoms with Crippen LogP contribution in [0.2, 0.25) is 5.15 Å². The van der Waals surface area contributed by atoms with Crippen molar-refractivity contribution in [1.82, 2.24) is 4.98 Å². The van der Waals surface area contributed by atoms with Gasteiger partial charge in [-0.15, -0.1) is 0 Å². The normalized spacial score (nSPS) is 10.1. The maximum Gasteiger partial charge on any atom is 0.203 e. The molecule has 0 saturated heterocycles. The summed E-state index contributed by atoms with van der Waals surface area (Å²) in [7, 11) is 4.77. The molecule has 2 rings (SSSR count). The average molecular weight is 309 g/mol. The summed E-state index contributed by atoms with van der Waals surface area (Å²) >= 11 is 5.85. The summed E-state index contributed by atoms with van der Waals surface area (Å²) in [5, 5.41) is 3.71. The molecule has 0 radical (unpaired) electrons. The van der Waals surface area contributed by atoms with Crippen molar-refractivity contribution >= 4 is 17.3 Å². The first kappa shape index (κ1) is 15.3. The summed E-state index contributed by atoms with van der Waals surface area (Å²) in [6.07, 6.45) is 1.65. The third-order valence-electron chi connectivity index (χ3n) is 2.95.